The molecule has 1 aromatic heterocycles. The summed E-state index contributed by atoms with van der Waals surface area (Å²) in [5.74, 6) is 1.86. The van der Waals surface area contributed by atoms with Gasteiger partial charge >= 0.3 is 0 Å². The highest BCUT2D eigenvalue weighted by Crippen LogP contribution is 2.35. The SMILES string of the molecule is CCCNCc1cc(CN(C)C(C)C2CC2)on1. The third kappa shape index (κ3) is 3.82. The summed E-state index contributed by atoms with van der Waals surface area (Å²) in [6, 6.07) is 2.72. The predicted octanol–water partition coefficient (Wildman–Crippen LogP) is 2.40. The Kier molecular flexibility index (Phi) is 4.78. The summed E-state index contributed by atoms with van der Waals surface area (Å²) in [7, 11) is 2.17. The average molecular weight is 251 g/mol. The van der Waals surface area contributed by atoms with E-state index in [0.29, 0.717) is 6.04 Å². The lowest BCUT2D eigenvalue weighted by Crippen LogP contribution is -2.30. The van der Waals surface area contributed by atoms with E-state index in [4.69, 9.17) is 4.52 Å². The van der Waals surface area contributed by atoms with Gasteiger partial charge in [-0.2, -0.15) is 0 Å². The Hall–Kier alpha value is -0.870. The van der Waals surface area contributed by atoms with Crippen molar-refractivity contribution in [3.63, 3.8) is 0 Å². The topological polar surface area (TPSA) is 41.3 Å². The van der Waals surface area contributed by atoms with Crippen molar-refractivity contribution in [3.05, 3.63) is 17.5 Å². The van der Waals surface area contributed by atoms with Gasteiger partial charge in [0.05, 0.1) is 12.2 Å². The van der Waals surface area contributed by atoms with Gasteiger partial charge in [-0.3, -0.25) is 4.90 Å². The van der Waals surface area contributed by atoms with Crippen LogP contribution in [0.15, 0.2) is 10.6 Å². The van der Waals surface area contributed by atoms with Crippen LogP contribution in [0.4, 0.5) is 0 Å². The minimum absolute atomic E-state index is 0.650. The maximum atomic E-state index is 5.38. The van der Waals surface area contributed by atoms with Gasteiger partial charge in [-0.25, -0.2) is 0 Å². The molecule has 0 aromatic carbocycles. The van der Waals surface area contributed by atoms with E-state index >= 15 is 0 Å². The van der Waals surface area contributed by atoms with Gasteiger partial charge in [0.15, 0.2) is 5.76 Å². The molecule has 0 bridgehead atoms. The van der Waals surface area contributed by atoms with Crippen molar-refractivity contribution in [1.82, 2.24) is 15.4 Å². The van der Waals surface area contributed by atoms with E-state index in [-0.39, 0.29) is 0 Å². The summed E-state index contributed by atoms with van der Waals surface area (Å²) in [6.45, 7) is 7.16. The summed E-state index contributed by atoms with van der Waals surface area (Å²) in [4.78, 5) is 2.36. The summed E-state index contributed by atoms with van der Waals surface area (Å²) in [5, 5.41) is 7.43. The van der Waals surface area contributed by atoms with Gasteiger partial charge in [-0.15, -0.1) is 0 Å². The number of rotatable bonds is 8. The van der Waals surface area contributed by atoms with Crippen molar-refractivity contribution in [2.45, 2.75) is 52.2 Å². The second-order valence-corrected chi connectivity index (χ2v) is 5.45. The van der Waals surface area contributed by atoms with Crippen molar-refractivity contribution in [2.24, 2.45) is 5.92 Å². The monoisotopic (exact) mass is 251 g/mol. The van der Waals surface area contributed by atoms with E-state index in [1.807, 2.05) is 0 Å². The summed E-state index contributed by atoms with van der Waals surface area (Å²) in [6.07, 6.45) is 3.91. The number of hydrogen-bond donors (Lipinski definition) is 1. The quantitative estimate of drug-likeness (QED) is 0.720. The van der Waals surface area contributed by atoms with Crippen molar-refractivity contribution in [3.8, 4) is 0 Å². The molecule has 4 nitrogen and oxygen atoms in total. The highest BCUT2D eigenvalue weighted by Gasteiger charge is 2.30. The Balaban J connectivity index is 1.78. The van der Waals surface area contributed by atoms with Crippen LogP contribution in [0.2, 0.25) is 0 Å². The van der Waals surface area contributed by atoms with Crippen molar-refractivity contribution >= 4 is 0 Å². The molecule has 1 N–H and O–H groups in total. The third-order valence-corrected chi connectivity index (χ3v) is 3.75. The summed E-state index contributed by atoms with van der Waals surface area (Å²) in [5.41, 5.74) is 1.01. The molecule has 1 saturated carbocycles. The first-order valence-electron chi connectivity index (χ1n) is 7.06. The standard InChI is InChI=1S/C14H25N3O/c1-4-7-15-9-13-8-14(18-16-13)10-17(3)11(2)12-5-6-12/h8,11-12,15H,4-7,9-10H2,1-3H3. The van der Waals surface area contributed by atoms with Crippen LogP contribution in [-0.4, -0.2) is 29.7 Å². The van der Waals surface area contributed by atoms with Crippen molar-refractivity contribution in [2.75, 3.05) is 13.6 Å². The van der Waals surface area contributed by atoms with Gasteiger partial charge < -0.3 is 9.84 Å². The minimum Gasteiger partial charge on any atom is -0.360 e. The lowest BCUT2D eigenvalue weighted by atomic mass is 10.2. The lowest BCUT2D eigenvalue weighted by molar-refractivity contribution is 0.201. The van der Waals surface area contributed by atoms with Crippen LogP contribution in [0.3, 0.4) is 0 Å². The van der Waals surface area contributed by atoms with Crippen LogP contribution in [0, 0.1) is 5.92 Å². The van der Waals surface area contributed by atoms with Crippen LogP contribution in [-0.2, 0) is 13.1 Å². The maximum Gasteiger partial charge on any atom is 0.151 e. The van der Waals surface area contributed by atoms with E-state index in [9.17, 15) is 0 Å². The molecule has 1 heterocycles. The molecule has 0 aliphatic heterocycles. The Labute approximate surface area is 110 Å². The summed E-state index contributed by atoms with van der Waals surface area (Å²) < 4.78 is 5.38. The molecule has 0 saturated heterocycles. The largest absolute Gasteiger partial charge is 0.360 e. The average Bonchev–Trinajstić information content (AvgIpc) is 3.11. The number of aromatic nitrogens is 1. The van der Waals surface area contributed by atoms with Crippen LogP contribution in [0.25, 0.3) is 0 Å². The van der Waals surface area contributed by atoms with E-state index < -0.39 is 0 Å². The predicted molar refractivity (Wildman–Crippen MR) is 72.2 cm³/mol. The van der Waals surface area contributed by atoms with E-state index in [1.165, 1.54) is 12.8 Å². The first-order valence-corrected chi connectivity index (χ1v) is 7.06. The van der Waals surface area contributed by atoms with Gasteiger partial charge in [-0.05, 0) is 45.7 Å². The fraction of sp³-hybridized carbons (Fsp3) is 0.786. The fourth-order valence-corrected chi connectivity index (χ4v) is 2.24. The molecule has 102 valence electrons. The molecule has 0 radical (unpaired) electrons. The Bertz CT molecular complexity index is 360. The second kappa shape index (κ2) is 6.34. The van der Waals surface area contributed by atoms with Gasteiger partial charge in [-0.1, -0.05) is 12.1 Å². The molecular formula is C14H25N3O. The molecule has 1 aliphatic rings. The molecule has 1 aromatic rings. The van der Waals surface area contributed by atoms with E-state index in [1.54, 1.807) is 0 Å². The number of nitrogens with one attached hydrogen (secondary N) is 1. The maximum absolute atomic E-state index is 5.38. The molecule has 0 amide bonds. The van der Waals surface area contributed by atoms with Crippen LogP contribution in [0.1, 0.15) is 44.6 Å². The normalized spacial score (nSPS) is 17.3. The van der Waals surface area contributed by atoms with Crippen LogP contribution in [0.5, 0.6) is 0 Å². The zero-order chi connectivity index (χ0) is 13.0. The minimum atomic E-state index is 0.650. The van der Waals surface area contributed by atoms with E-state index in [2.05, 4.69) is 42.3 Å². The lowest BCUT2D eigenvalue weighted by Gasteiger charge is -2.22. The first-order chi connectivity index (χ1) is 8.70. The fourth-order valence-electron chi connectivity index (χ4n) is 2.24. The van der Waals surface area contributed by atoms with Crippen molar-refractivity contribution < 1.29 is 4.52 Å². The Morgan fingerprint density at radius 2 is 2.33 bits per heavy atom. The summed E-state index contributed by atoms with van der Waals surface area (Å²) >= 11 is 0. The molecule has 18 heavy (non-hydrogen) atoms. The molecule has 1 fully saturated rings. The highest BCUT2D eigenvalue weighted by atomic mass is 16.5. The Morgan fingerprint density at radius 1 is 1.56 bits per heavy atom. The van der Waals surface area contributed by atoms with E-state index in [0.717, 1.165) is 43.4 Å². The number of hydrogen-bond acceptors (Lipinski definition) is 4. The van der Waals surface area contributed by atoms with Crippen LogP contribution >= 0.6 is 0 Å². The van der Waals surface area contributed by atoms with Gasteiger partial charge in [0.25, 0.3) is 0 Å². The highest BCUT2D eigenvalue weighted by molar-refractivity contribution is 5.05. The molecule has 1 aliphatic carbocycles. The second-order valence-electron chi connectivity index (χ2n) is 5.45. The third-order valence-electron chi connectivity index (χ3n) is 3.75. The zero-order valence-corrected chi connectivity index (χ0v) is 11.8. The molecular weight excluding hydrogens is 226 g/mol. The Morgan fingerprint density at radius 3 is 3.00 bits per heavy atom. The smallest absolute Gasteiger partial charge is 0.151 e. The number of nitrogens with zero attached hydrogens (tertiary/aromatic N) is 2. The zero-order valence-electron chi connectivity index (χ0n) is 11.8. The van der Waals surface area contributed by atoms with Crippen molar-refractivity contribution in [1.29, 1.82) is 0 Å². The molecule has 0 spiro atoms. The molecule has 4 heteroatoms. The molecule has 1 atom stereocenters. The molecule has 2 rings (SSSR count). The van der Waals surface area contributed by atoms with Gasteiger partial charge in [0.1, 0.15) is 0 Å². The van der Waals surface area contributed by atoms with Gasteiger partial charge in [0.2, 0.25) is 0 Å². The van der Waals surface area contributed by atoms with Crippen LogP contribution < -0.4 is 5.32 Å². The first kappa shape index (κ1) is 13.6. The van der Waals surface area contributed by atoms with Gasteiger partial charge in [0, 0.05) is 18.7 Å². The molecule has 1 unspecified atom stereocenters.